The van der Waals surface area contributed by atoms with Crippen LogP contribution in [0, 0.1) is 11.8 Å². The van der Waals surface area contributed by atoms with E-state index >= 15 is 0 Å². The fraction of sp³-hybridized carbons (Fsp3) is 0.846. The smallest absolute Gasteiger partial charge is 0.225 e. The molecule has 1 aliphatic heterocycles. The third-order valence-electron chi connectivity index (χ3n) is 4.19. The topological polar surface area (TPSA) is 52.9 Å². The Hall–Kier alpha value is -1.06. The number of rotatable bonds is 2. The van der Waals surface area contributed by atoms with Gasteiger partial charge < -0.3 is 10.1 Å². The highest BCUT2D eigenvalue weighted by molar-refractivity contribution is 5.89. The van der Waals surface area contributed by atoms with Gasteiger partial charge in [-0.05, 0) is 19.3 Å². The molecule has 4 heteroatoms. The second-order valence-corrected chi connectivity index (χ2v) is 5.21. The molecule has 0 radical (unpaired) electrons. The lowest BCUT2D eigenvalue weighted by atomic mass is 9.92. The Labute approximate surface area is 103 Å². The lowest BCUT2D eigenvalue weighted by molar-refractivity contribution is -0.136. The van der Waals surface area contributed by atoms with Crippen molar-refractivity contribution in [3.8, 4) is 0 Å². The number of carbonyl (C=O) groups excluding carboxylic acids is 1. The molecule has 1 aliphatic carbocycles. The molecule has 17 heavy (non-hydrogen) atoms. The van der Waals surface area contributed by atoms with Crippen LogP contribution in [-0.2, 0) is 4.79 Å². The van der Waals surface area contributed by atoms with Gasteiger partial charge in [0, 0.05) is 31.3 Å². The quantitative estimate of drug-likeness (QED) is 0.592. The summed E-state index contributed by atoms with van der Waals surface area (Å²) in [6.07, 6.45) is 6.19. The Morgan fingerprint density at radius 1 is 1.47 bits per heavy atom. The molecule has 96 valence electrons. The summed E-state index contributed by atoms with van der Waals surface area (Å²) in [7, 11) is 0. The third-order valence-corrected chi connectivity index (χ3v) is 4.19. The maximum absolute atomic E-state index is 12.3. The van der Waals surface area contributed by atoms with Gasteiger partial charge in [0.15, 0.2) is 0 Å². The van der Waals surface area contributed by atoms with Gasteiger partial charge >= 0.3 is 0 Å². The molecule has 1 saturated carbocycles. The molecule has 0 aromatic rings. The summed E-state index contributed by atoms with van der Waals surface area (Å²) in [4.78, 5) is 14.3. The van der Waals surface area contributed by atoms with Gasteiger partial charge in [0.25, 0.3) is 0 Å². The molecule has 1 N–H and O–H groups in total. The molecule has 1 unspecified atom stereocenters. The molecule has 1 heterocycles. The van der Waals surface area contributed by atoms with Crippen LogP contribution in [-0.4, -0.2) is 34.8 Å². The van der Waals surface area contributed by atoms with Crippen LogP contribution in [0.5, 0.6) is 0 Å². The fourth-order valence-electron chi connectivity index (χ4n) is 3.04. The first-order valence-corrected chi connectivity index (χ1v) is 6.75. The summed E-state index contributed by atoms with van der Waals surface area (Å²) < 4.78 is 0. The van der Waals surface area contributed by atoms with Crippen molar-refractivity contribution in [3.05, 3.63) is 0 Å². The number of piperidine rings is 1. The van der Waals surface area contributed by atoms with Crippen LogP contribution in [0.1, 0.15) is 45.4 Å². The van der Waals surface area contributed by atoms with Gasteiger partial charge in [-0.25, -0.2) is 0 Å². The molecular weight excluding hydrogens is 216 g/mol. The van der Waals surface area contributed by atoms with Crippen molar-refractivity contribution in [1.82, 2.24) is 4.90 Å². The number of oxime groups is 1. The minimum absolute atomic E-state index is 0.249. The van der Waals surface area contributed by atoms with Crippen molar-refractivity contribution in [2.75, 3.05) is 13.1 Å². The van der Waals surface area contributed by atoms with E-state index in [-0.39, 0.29) is 11.8 Å². The average molecular weight is 238 g/mol. The minimum atomic E-state index is 0.249. The minimum Gasteiger partial charge on any atom is -0.411 e. The number of hydrogen-bond acceptors (Lipinski definition) is 3. The van der Waals surface area contributed by atoms with E-state index in [0.29, 0.717) is 5.91 Å². The lowest BCUT2D eigenvalue weighted by Crippen LogP contribution is -2.46. The SMILES string of the molecule is CCC1CN(C(=O)C2CCCC2)CCC1=NO. The van der Waals surface area contributed by atoms with Crippen LogP contribution >= 0.6 is 0 Å². The summed E-state index contributed by atoms with van der Waals surface area (Å²) >= 11 is 0. The maximum atomic E-state index is 12.3. The van der Waals surface area contributed by atoms with E-state index in [0.717, 1.165) is 44.5 Å². The number of likely N-dealkylation sites (tertiary alicyclic amines) is 1. The highest BCUT2D eigenvalue weighted by Crippen LogP contribution is 2.28. The number of nitrogens with zero attached hydrogens (tertiary/aromatic N) is 2. The summed E-state index contributed by atoms with van der Waals surface area (Å²) in [5, 5.41) is 12.3. The fourth-order valence-corrected chi connectivity index (χ4v) is 3.04. The molecule has 1 atom stereocenters. The lowest BCUT2D eigenvalue weighted by Gasteiger charge is -2.34. The van der Waals surface area contributed by atoms with Crippen LogP contribution in [0.15, 0.2) is 5.16 Å². The zero-order valence-electron chi connectivity index (χ0n) is 10.6. The Balaban J connectivity index is 1.96. The largest absolute Gasteiger partial charge is 0.411 e. The molecule has 4 nitrogen and oxygen atoms in total. The maximum Gasteiger partial charge on any atom is 0.225 e. The second kappa shape index (κ2) is 5.52. The van der Waals surface area contributed by atoms with Crippen LogP contribution in [0.3, 0.4) is 0 Å². The summed E-state index contributed by atoms with van der Waals surface area (Å²) in [5.41, 5.74) is 0.864. The van der Waals surface area contributed by atoms with Gasteiger partial charge in [0.2, 0.25) is 5.91 Å². The molecular formula is C13H22N2O2. The van der Waals surface area contributed by atoms with Crippen LogP contribution < -0.4 is 0 Å². The van der Waals surface area contributed by atoms with Crippen LogP contribution in [0.2, 0.25) is 0 Å². The molecule has 0 aromatic heterocycles. The second-order valence-electron chi connectivity index (χ2n) is 5.21. The molecule has 2 fully saturated rings. The highest BCUT2D eigenvalue weighted by atomic mass is 16.4. The van der Waals surface area contributed by atoms with Gasteiger partial charge in [0.1, 0.15) is 0 Å². The van der Waals surface area contributed by atoms with Crippen molar-refractivity contribution in [2.24, 2.45) is 17.0 Å². The van der Waals surface area contributed by atoms with E-state index in [1.165, 1.54) is 12.8 Å². The first-order valence-electron chi connectivity index (χ1n) is 6.75. The summed E-state index contributed by atoms with van der Waals surface area (Å²) in [5.74, 6) is 0.845. The predicted octanol–water partition coefficient (Wildman–Crippen LogP) is 2.27. The van der Waals surface area contributed by atoms with Crippen LogP contribution in [0.25, 0.3) is 0 Å². The monoisotopic (exact) mass is 238 g/mol. The average Bonchev–Trinajstić information content (AvgIpc) is 2.90. The van der Waals surface area contributed by atoms with Crippen molar-refractivity contribution >= 4 is 11.6 Å². The normalized spacial score (nSPS) is 28.9. The van der Waals surface area contributed by atoms with Gasteiger partial charge in [-0.2, -0.15) is 0 Å². The van der Waals surface area contributed by atoms with E-state index in [1.807, 2.05) is 4.90 Å². The van der Waals surface area contributed by atoms with E-state index in [4.69, 9.17) is 5.21 Å². The van der Waals surface area contributed by atoms with E-state index in [1.54, 1.807) is 0 Å². The third kappa shape index (κ3) is 2.61. The molecule has 2 aliphatic rings. The Bertz CT molecular complexity index is 309. The number of carbonyl (C=O) groups is 1. The Morgan fingerprint density at radius 2 is 2.18 bits per heavy atom. The molecule has 1 saturated heterocycles. The standard InChI is InChI=1S/C13H22N2O2/c1-2-10-9-15(8-7-12(10)14-17)13(16)11-5-3-4-6-11/h10-11,17H,2-9H2,1H3. The molecule has 1 amide bonds. The van der Waals surface area contributed by atoms with Crippen molar-refractivity contribution in [2.45, 2.75) is 45.4 Å². The number of hydrogen-bond donors (Lipinski definition) is 1. The van der Waals surface area contributed by atoms with Crippen molar-refractivity contribution in [1.29, 1.82) is 0 Å². The van der Waals surface area contributed by atoms with Crippen molar-refractivity contribution < 1.29 is 10.0 Å². The van der Waals surface area contributed by atoms with Gasteiger partial charge in [-0.3, -0.25) is 4.79 Å². The summed E-state index contributed by atoms with van der Waals surface area (Å²) in [6, 6.07) is 0. The first kappa shape index (κ1) is 12.4. The molecule has 0 bridgehead atoms. The molecule has 0 spiro atoms. The van der Waals surface area contributed by atoms with Gasteiger partial charge in [0.05, 0.1) is 5.71 Å². The highest BCUT2D eigenvalue weighted by Gasteiger charge is 2.32. The zero-order valence-corrected chi connectivity index (χ0v) is 10.6. The van der Waals surface area contributed by atoms with E-state index in [2.05, 4.69) is 12.1 Å². The van der Waals surface area contributed by atoms with E-state index in [9.17, 15) is 4.79 Å². The van der Waals surface area contributed by atoms with Gasteiger partial charge in [-0.1, -0.05) is 24.9 Å². The van der Waals surface area contributed by atoms with E-state index < -0.39 is 0 Å². The van der Waals surface area contributed by atoms with Crippen LogP contribution in [0.4, 0.5) is 0 Å². The Morgan fingerprint density at radius 3 is 2.76 bits per heavy atom. The predicted molar refractivity (Wildman–Crippen MR) is 66.2 cm³/mol. The zero-order chi connectivity index (χ0) is 12.3. The molecule has 0 aromatic carbocycles. The van der Waals surface area contributed by atoms with Gasteiger partial charge in [-0.15, -0.1) is 0 Å². The van der Waals surface area contributed by atoms with Crippen molar-refractivity contribution in [3.63, 3.8) is 0 Å². The number of amides is 1. The first-order chi connectivity index (χ1) is 8.26. The summed E-state index contributed by atoms with van der Waals surface area (Å²) in [6.45, 7) is 3.55. The Kier molecular flexibility index (Phi) is 4.02. The molecule has 2 rings (SSSR count).